The fourth-order valence-electron chi connectivity index (χ4n) is 7.25. The van der Waals surface area contributed by atoms with Gasteiger partial charge in [0.25, 0.3) is 0 Å². The van der Waals surface area contributed by atoms with Crippen LogP contribution in [0.5, 0.6) is 0 Å². The van der Waals surface area contributed by atoms with Gasteiger partial charge in [-0.25, -0.2) is 0 Å². The van der Waals surface area contributed by atoms with Crippen molar-refractivity contribution in [3.63, 3.8) is 0 Å². The Morgan fingerprint density at radius 2 is 1.96 bits per heavy atom. The van der Waals surface area contributed by atoms with E-state index in [9.17, 15) is 10.2 Å². The van der Waals surface area contributed by atoms with Gasteiger partial charge >= 0.3 is 0 Å². The van der Waals surface area contributed by atoms with Crippen molar-refractivity contribution in [3.05, 3.63) is 23.8 Å². The van der Waals surface area contributed by atoms with Gasteiger partial charge in [-0.2, -0.15) is 0 Å². The minimum atomic E-state index is -0.477. The average Bonchev–Trinajstić information content (AvgIpc) is 2.90. The zero-order chi connectivity index (χ0) is 17.1. The Labute approximate surface area is 147 Å². The summed E-state index contributed by atoms with van der Waals surface area (Å²) in [5, 5.41) is 20.1. The topological polar surface area (TPSA) is 40.5 Å². The van der Waals surface area contributed by atoms with Gasteiger partial charge < -0.3 is 10.2 Å². The number of rotatable bonds is 2. The van der Waals surface area contributed by atoms with E-state index in [1.807, 2.05) is 6.92 Å². The maximum Gasteiger partial charge on any atom is 0.0657 e. The maximum atomic E-state index is 10.4. The molecule has 134 valence electrons. The number of hydrogen-bond acceptors (Lipinski definition) is 2. The summed E-state index contributed by atoms with van der Waals surface area (Å²) in [5.74, 6) is 3.70. The van der Waals surface area contributed by atoms with Gasteiger partial charge in [-0.15, -0.1) is 0 Å². The molecule has 2 N–H and O–H groups in total. The van der Waals surface area contributed by atoms with Crippen LogP contribution in [0.25, 0.3) is 0 Å². The molecule has 0 radical (unpaired) electrons. The summed E-state index contributed by atoms with van der Waals surface area (Å²) in [6.45, 7) is 8.84. The molecule has 0 aromatic rings. The molecule has 0 heterocycles. The SMILES string of the molecule is C=C(CO)[C@H]1CC[C@H]2[C@@H]3CC=C4C[C@](C)(O)CC[C@@H]4[C@H]3CC[C@]12C. The largest absolute Gasteiger partial charge is 0.392 e. The van der Waals surface area contributed by atoms with Crippen LogP contribution >= 0.6 is 0 Å². The van der Waals surface area contributed by atoms with Crippen molar-refractivity contribution < 1.29 is 10.2 Å². The molecule has 4 rings (SSSR count). The Kier molecular flexibility index (Phi) is 4.01. The Hall–Kier alpha value is -0.600. The number of allylic oxidation sites excluding steroid dienone is 1. The number of hydrogen-bond donors (Lipinski definition) is 2. The highest BCUT2D eigenvalue weighted by molar-refractivity contribution is 5.23. The van der Waals surface area contributed by atoms with Crippen LogP contribution in [-0.2, 0) is 0 Å². The van der Waals surface area contributed by atoms with E-state index >= 15 is 0 Å². The van der Waals surface area contributed by atoms with Gasteiger partial charge in [-0.1, -0.05) is 25.2 Å². The van der Waals surface area contributed by atoms with Gasteiger partial charge in [0.05, 0.1) is 12.2 Å². The second-order valence-electron chi connectivity index (χ2n) is 9.76. The average molecular weight is 331 g/mol. The van der Waals surface area contributed by atoms with Crippen molar-refractivity contribution >= 4 is 0 Å². The van der Waals surface area contributed by atoms with E-state index in [1.165, 1.54) is 38.5 Å². The summed E-state index contributed by atoms with van der Waals surface area (Å²) in [5.41, 5.74) is 2.51. The molecule has 2 nitrogen and oxygen atoms in total. The first kappa shape index (κ1) is 16.8. The summed E-state index contributed by atoms with van der Waals surface area (Å²) in [6, 6.07) is 0. The molecule has 0 unspecified atom stereocenters. The van der Waals surface area contributed by atoms with Crippen LogP contribution in [-0.4, -0.2) is 22.4 Å². The van der Waals surface area contributed by atoms with Gasteiger partial charge in [0.15, 0.2) is 0 Å². The van der Waals surface area contributed by atoms with E-state index in [0.29, 0.717) is 11.3 Å². The molecule has 24 heavy (non-hydrogen) atoms. The molecule has 0 aliphatic heterocycles. The predicted molar refractivity (Wildman–Crippen MR) is 97.4 cm³/mol. The van der Waals surface area contributed by atoms with E-state index < -0.39 is 5.60 Å². The van der Waals surface area contributed by atoms with Gasteiger partial charge in [0.2, 0.25) is 0 Å². The van der Waals surface area contributed by atoms with Crippen molar-refractivity contribution in [2.24, 2.45) is 35.0 Å². The lowest BCUT2D eigenvalue weighted by Gasteiger charge is -2.54. The van der Waals surface area contributed by atoms with Crippen LogP contribution in [0.3, 0.4) is 0 Å². The quantitative estimate of drug-likeness (QED) is 0.733. The van der Waals surface area contributed by atoms with Crippen LogP contribution in [0.4, 0.5) is 0 Å². The van der Waals surface area contributed by atoms with E-state index in [2.05, 4.69) is 19.6 Å². The Morgan fingerprint density at radius 1 is 1.17 bits per heavy atom. The zero-order valence-corrected chi connectivity index (χ0v) is 15.4. The summed E-state index contributed by atoms with van der Waals surface area (Å²) < 4.78 is 0. The molecule has 0 amide bonds. The van der Waals surface area contributed by atoms with Gasteiger partial charge in [0.1, 0.15) is 0 Å². The monoisotopic (exact) mass is 330 g/mol. The van der Waals surface area contributed by atoms with Crippen LogP contribution in [0.2, 0.25) is 0 Å². The molecule has 4 aliphatic rings. The van der Waals surface area contributed by atoms with Crippen molar-refractivity contribution in [3.8, 4) is 0 Å². The first-order valence-corrected chi connectivity index (χ1v) is 10.1. The lowest BCUT2D eigenvalue weighted by molar-refractivity contribution is -0.0296. The molecule has 0 spiro atoms. The molecule has 0 aromatic carbocycles. The fourth-order valence-corrected chi connectivity index (χ4v) is 7.25. The zero-order valence-electron chi connectivity index (χ0n) is 15.4. The molecule has 7 atom stereocenters. The first-order valence-electron chi connectivity index (χ1n) is 10.1. The van der Waals surface area contributed by atoms with E-state index in [1.54, 1.807) is 5.57 Å². The van der Waals surface area contributed by atoms with Crippen LogP contribution in [0.1, 0.15) is 65.2 Å². The highest BCUT2D eigenvalue weighted by Gasteiger charge is 2.56. The molecule has 0 saturated heterocycles. The lowest BCUT2D eigenvalue weighted by atomic mass is 9.51. The molecule has 3 fully saturated rings. The van der Waals surface area contributed by atoms with Crippen LogP contribution < -0.4 is 0 Å². The van der Waals surface area contributed by atoms with Gasteiger partial charge in [0, 0.05) is 0 Å². The van der Waals surface area contributed by atoms with E-state index in [0.717, 1.165) is 42.1 Å². The molecule has 4 aliphatic carbocycles. The molecular formula is C22H34O2. The van der Waals surface area contributed by atoms with E-state index in [4.69, 9.17) is 0 Å². The minimum Gasteiger partial charge on any atom is -0.392 e. The lowest BCUT2D eigenvalue weighted by Crippen LogP contribution is -2.47. The van der Waals surface area contributed by atoms with Crippen LogP contribution in [0, 0.1) is 35.0 Å². The van der Waals surface area contributed by atoms with Crippen molar-refractivity contribution in [2.45, 2.75) is 70.8 Å². The molecule has 2 heteroatoms. The molecular weight excluding hydrogens is 296 g/mol. The summed E-state index contributed by atoms with van der Waals surface area (Å²) in [7, 11) is 0. The first-order chi connectivity index (χ1) is 11.4. The van der Waals surface area contributed by atoms with Crippen molar-refractivity contribution in [2.75, 3.05) is 6.61 Å². The molecule has 0 aromatic heterocycles. The minimum absolute atomic E-state index is 0.156. The van der Waals surface area contributed by atoms with Crippen LogP contribution in [0.15, 0.2) is 23.8 Å². The third-order valence-corrected chi connectivity index (χ3v) is 8.41. The molecule has 3 saturated carbocycles. The summed E-state index contributed by atoms with van der Waals surface area (Å²) in [6.07, 6.45) is 11.9. The smallest absolute Gasteiger partial charge is 0.0657 e. The highest BCUT2D eigenvalue weighted by atomic mass is 16.3. The number of aliphatic hydroxyl groups is 2. The third kappa shape index (κ3) is 2.44. The second-order valence-corrected chi connectivity index (χ2v) is 9.76. The molecule has 0 bridgehead atoms. The normalized spacial score (nSPS) is 50.5. The van der Waals surface area contributed by atoms with Crippen molar-refractivity contribution in [1.82, 2.24) is 0 Å². The Morgan fingerprint density at radius 3 is 2.71 bits per heavy atom. The van der Waals surface area contributed by atoms with Gasteiger partial charge in [-0.3, -0.25) is 0 Å². The predicted octanol–water partition coefficient (Wildman–Crippen LogP) is 4.47. The Balaban J connectivity index is 1.59. The number of fused-ring (bicyclic) bond motifs is 5. The Bertz CT molecular complexity index is 560. The standard InChI is InChI=1S/C22H34O2/c1-14(13-23)19-6-7-20-18-5-4-15-12-21(2,24)10-8-16(15)17(18)9-11-22(19,20)3/h4,16-20,23-24H,1,5-13H2,2-3H3/t16-,17+,18+,19+,20-,21+,22+/m0/s1. The summed E-state index contributed by atoms with van der Waals surface area (Å²) >= 11 is 0. The van der Waals surface area contributed by atoms with Gasteiger partial charge in [-0.05, 0) is 98.9 Å². The summed E-state index contributed by atoms with van der Waals surface area (Å²) in [4.78, 5) is 0. The fraction of sp³-hybridized carbons (Fsp3) is 0.818. The second kappa shape index (κ2) is 5.71. The van der Waals surface area contributed by atoms with E-state index in [-0.39, 0.29) is 6.61 Å². The number of aliphatic hydroxyl groups excluding tert-OH is 1. The van der Waals surface area contributed by atoms with Crippen molar-refractivity contribution in [1.29, 1.82) is 0 Å². The highest BCUT2D eigenvalue weighted by Crippen LogP contribution is 2.64. The maximum absolute atomic E-state index is 10.4. The third-order valence-electron chi connectivity index (χ3n) is 8.41.